The molecule has 2 aromatic heterocycles. The van der Waals surface area contributed by atoms with Gasteiger partial charge in [0.05, 0.1) is 31.2 Å². The van der Waals surface area contributed by atoms with E-state index in [1.165, 1.54) is 13.2 Å². The summed E-state index contributed by atoms with van der Waals surface area (Å²) in [4.78, 5) is 19.7. The van der Waals surface area contributed by atoms with Gasteiger partial charge in [0.2, 0.25) is 0 Å². The Bertz CT molecular complexity index is 1310. The van der Waals surface area contributed by atoms with E-state index in [2.05, 4.69) is 23.7 Å². The highest BCUT2D eigenvalue weighted by atomic mass is 19.3. The number of methoxy groups -OCH3 is 1. The molecule has 1 aliphatic carbocycles. The number of aromatic nitrogens is 2. The highest BCUT2D eigenvalue weighted by Crippen LogP contribution is 2.40. The number of nitrogens with zero attached hydrogens (tertiary/aromatic N) is 3. The number of hydrogen-bond acceptors (Lipinski definition) is 7. The van der Waals surface area contributed by atoms with Crippen molar-refractivity contribution in [3.8, 4) is 28.5 Å². The van der Waals surface area contributed by atoms with E-state index in [1.807, 2.05) is 22.7 Å². The Morgan fingerprint density at radius 2 is 2.03 bits per heavy atom. The number of rotatable bonds is 11. The SMILES string of the molecule is COc1cc(-c2cnc3cc(OCCN4CCOC(C)(C)C4)ccn23)cc(OC(F)F)c1C(=O)CC1CC1. The molecule has 3 heterocycles. The number of Topliss-reactive ketones (excluding diaryl/α,β-unsaturated/α-hetero) is 1. The van der Waals surface area contributed by atoms with Crippen LogP contribution in [0.5, 0.6) is 17.2 Å². The first-order chi connectivity index (χ1) is 18.2. The van der Waals surface area contributed by atoms with Crippen LogP contribution in [0.1, 0.15) is 43.5 Å². The number of ether oxygens (including phenoxy) is 4. The summed E-state index contributed by atoms with van der Waals surface area (Å²) in [6.07, 6.45) is 5.68. The lowest BCUT2D eigenvalue weighted by atomic mass is 10.00. The van der Waals surface area contributed by atoms with Gasteiger partial charge in [-0.3, -0.25) is 14.1 Å². The van der Waals surface area contributed by atoms with Gasteiger partial charge in [-0.2, -0.15) is 8.78 Å². The van der Waals surface area contributed by atoms with Crippen molar-refractivity contribution in [3.63, 3.8) is 0 Å². The third-order valence-corrected chi connectivity index (χ3v) is 6.91. The first kappa shape index (κ1) is 26.4. The summed E-state index contributed by atoms with van der Waals surface area (Å²) in [6.45, 7) is 4.85. The van der Waals surface area contributed by atoms with Gasteiger partial charge in [-0.1, -0.05) is 0 Å². The fourth-order valence-electron chi connectivity index (χ4n) is 4.91. The molecule has 38 heavy (non-hydrogen) atoms. The highest BCUT2D eigenvalue weighted by Gasteiger charge is 2.30. The maximum Gasteiger partial charge on any atom is 0.387 e. The maximum absolute atomic E-state index is 13.3. The van der Waals surface area contributed by atoms with E-state index < -0.39 is 6.61 Å². The van der Waals surface area contributed by atoms with Crippen LogP contribution in [0.4, 0.5) is 8.78 Å². The van der Waals surface area contributed by atoms with Crippen LogP contribution in [0.3, 0.4) is 0 Å². The van der Waals surface area contributed by atoms with Crippen LogP contribution in [-0.4, -0.2) is 72.2 Å². The zero-order valence-electron chi connectivity index (χ0n) is 21.9. The fraction of sp³-hybridized carbons (Fsp3) is 0.500. The predicted octanol–water partition coefficient (Wildman–Crippen LogP) is 5.08. The normalized spacial score (nSPS) is 17.6. The molecule has 2 aliphatic rings. The fourth-order valence-corrected chi connectivity index (χ4v) is 4.91. The number of imidazole rings is 1. The van der Waals surface area contributed by atoms with E-state index in [4.69, 9.17) is 18.9 Å². The third-order valence-electron chi connectivity index (χ3n) is 6.91. The Morgan fingerprint density at radius 3 is 2.74 bits per heavy atom. The van der Waals surface area contributed by atoms with Gasteiger partial charge in [-0.25, -0.2) is 4.98 Å². The second kappa shape index (κ2) is 10.9. The molecule has 0 radical (unpaired) electrons. The number of morpholine rings is 1. The lowest BCUT2D eigenvalue weighted by Crippen LogP contribution is -2.49. The van der Waals surface area contributed by atoms with Crippen molar-refractivity contribution in [1.29, 1.82) is 0 Å². The predicted molar refractivity (Wildman–Crippen MR) is 137 cm³/mol. The lowest BCUT2D eigenvalue weighted by Gasteiger charge is -2.38. The number of pyridine rings is 1. The number of alkyl halides is 2. The number of fused-ring (bicyclic) bond motifs is 1. The molecule has 0 unspecified atom stereocenters. The minimum Gasteiger partial charge on any atom is -0.496 e. The Labute approximate surface area is 220 Å². The molecule has 3 aromatic rings. The highest BCUT2D eigenvalue weighted by molar-refractivity contribution is 6.02. The van der Waals surface area contributed by atoms with Crippen molar-refractivity contribution in [1.82, 2.24) is 14.3 Å². The molecule has 0 N–H and O–H groups in total. The molecule has 5 rings (SSSR count). The Kier molecular flexibility index (Phi) is 7.54. The summed E-state index contributed by atoms with van der Waals surface area (Å²) < 4.78 is 50.4. The zero-order chi connectivity index (χ0) is 26.9. The number of hydrogen-bond donors (Lipinski definition) is 0. The summed E-state index contributed by atoms with van der Waals surface area (Å²) in [5, 5.41) is 0. The topological polar surface area (TPSA) is 74.5 Å². The van der Waals surface area contributed by atoms with Crippen molar-refractivity contribution in [2.45, 2.75) is 45.3 Å². The molecule has 1 aliphatic heterocycles. The van der Waals surface area contributed by atoms with Crippen molar-refractivity contribution in [2.75, 3.05) is 40.0 Å². The maximum atomic E-state index is 13.3. The van der Waals surface area contributed by atoms with Gasteiger partial charge in [0, 0.05) is 43.9 Å². The third kappa shape index (κ3) is 6.07. The number of benzene rings is 1. The largest absolute Gasteiger partial charge is 0.496 e. The summed E-state index contributed by atoms with van der Waals surface area (Å²) >= 11 is 0. The average molecular weight is 530 g/mol. The van der Waals surface area contributed by atoms with Gasteiger partial charge in [0.1, 0.15) is 35.1 Å². The van der Waals surface area contributed by atoms with Gasteiger partial charge in [-0.15, -0.1) is 0 Å². The number of ketones is 1. The van der Waals surface area contributed by atoms with Gasteiger partial charge in [0.15, 0.2) is 5.78 Å². The number of carbonyl (C=O) groups is 1. The van der Waals surface area contributed by atoms with Crippen LogP contribution in [0.2, 0.25) is 0 Å². The van der Waals surface area contributed by atoms with Crippen molar-refractivity contribution >= 4 is 11.4 Å². The molecule has 1 aromatic carbocycles. The Hall–Kier alpha value is -3.24. The zero-order valence-corrected chi connectivity index (χ0v) is 21.9. The van der Waals surface area contributed by atoms with E-state index >= 15 is 0 Å². The second-order valence-corrected chi connectivity index (χ2v) is 10.5. The minimum atomic E-state index is -3.08. The molecule has 1 saturated heterocycles. The Balaban J connectivity index is 1.36. The molecule has 0 atom stereocenters. The lowest BCUT2D eigenvalue weighted by molar-refractivity contribution is -0.0875. The minimum absolute atomic E-state index is 0.0524. The van der Waals surface area contributed by atoms with E-state index in [-0.39, 0.29) is 34.9 Å². The smallest absolute Gasteiger partial charge is 0.387 e. The monoisotopic (exact) mass is 529 g/mol. The molecular formula is C28H33F2N3O5. The van der Waals surface area contributed by atoms with Crippen molar-refractivity contribution in [3.05, 3.63) is 42.2 Å². The van der Waals surface area contributed by atoms with Crippen LogP contribution in [0, 0.1) is 5.92 Å². The summed E-state index contributed by atoms with van der Waals surface area (Å²) in [5.74, 6) is 0.725. The van der Waals surface area contributed by atoms with Crippen LogP contribution in [-0.2, 0) is 4.74 Å². The molecule has 0 spiro atoms. The van der Waals surface area contributed by atoms with Gasteiger partial charge in [0.25, 0.3) is 0 Å². The Morgan fingerprint density at radius 1 is 1.24 bits per heavy atom. The van der Waals surface area contributed by atoms with E-state index in [0.717, 1.165) is 32.5 Å². The standard InChI is InChI=1S/C28H33F2N3O5/c1-28(2)17-32(9-11-37-28)8-10-36-20-6-7-33-21(16-31-25(33)15-20)19-13-23(35-3)26(22(34)12-18-4-5-18)24(14-19)38-27(29)30/h6-7,13-16,18,27H,4-5,8-12,17H2,1-3H3. The van der Waals surface area contributed by atoms with Gasteiger partial charge in [-0.05, 0) is 50.8 Å². The van der Waals surface area contributed by atoms with Crippen LogP contribution >= 0.6 is 0 Å². The van der Waals surface area contributed by atoms with Crippen molar-refractivity contribution < 1.29 is 32.5 Å². The van der Waals surface area contributed by atoms with E-state index in [9.17, 15) is 13.6 Å². The summed E-state index contributed by atoms with van der Waals surface area (Å²) in [7, 11) is 1.41. The molecule has 2 fully saturated rings. The number of carbonyl (C=O) groups excluding carboxylic acids is 1. The molecular weight excluding hydrogens is 496 g/mol. The average Bonchev–Trinajstić information content (AvgIpc) is 3.57. The number of halogens is 2. The summed E-state index contributed by atoms with van der Waals surface area (Å²) in [5.41, 5.74) is 1.71. The molecule has 8 nitrogen and oxygen atoms in total. The van der Waals surface area contributed by atoms with Crippen LogP contribution in [0.15, 0.2) is 36.7 Å². The molecule has 1 saturated carbocycles. The van der Waals surface area contributed by atoms with E-state index in [1.54, 1.807) is 12.3 Å². The second-order valence-electron chi connectivity index (χ2n) is 10.5. The first-order valence-electron chi connectivity index (χ1n) is 12.9. The molecule has 204 valence electrons. The van der Waals surface area contributed by atoms with E-state index in [0.29, 0.717) is 41.8 Å². The van der Waals surface area contributed by atoms with Gasteiger partial charge >= 0.3 is 6.61 Å². The van der Waals surface area contributed by atoms with Crippen LogP contribution in [0.25, 0.3) is 16.9 Å². The first-order valence-corrected chi connectivity index (χ1v) is 12.9. The molecule has 0 amide bonds. The molecule has 10 heteroatoms. The summed E-state index contributed by atoms with van der Waals surface area (Å²) in [6, 6.07) is 6.78. The van der Waals surface area contributed by atoms with Gasteiger partial charge < -0.3 is 18.9 Å². The van der Waals surface area contributed by atoms with Crippen LogP contribution < -0.4 is 14.2 Å². The quantitative estimate of drug-likeness (QED) is 0.321. The van der Waals surface area contributed by atoms with Crippen molar-refractivity contribution in [2.24, 2.45) is 5.92 Å². The molecule has 0 bridgehead atoms.